The van der Waals surface area contributed by atoms with Crippen LogP contribution in [-0.2, 0) is 4.79 Å². The summed E-state index contributed by atoms with van der Waals surface area (Å²) in [6.45, 7) is 4.13. The second-order valence-corrected chi connectivity index (χ2v) is 5.78. The maximum absolute atomic E-state index is 10.8. The van der Waals surface area contributed by atoms with Gasteiger partial charge in [0.1, 0.15) is 0 Å². The van der Waals surface area contributed by atoms with Crippen molar-refractivity contribution < 1.29 is 9.90 Å². The van der Waals surface area contributed by atoms with E-state index in [-0.39, 0.29) is 11.8 Å². The first-order valence-corrected chi connectivity index (χ1v) is 7.57. The molecule has 6 nitrogen and oxygen atoms in total. The normalized spacial score (nSPS) is 10.9. The highest BCUT2D eigenvalue weighted by atomic mass is 32.2. The average Bonchev–Trinajstić information content (AvgIpc) is 2.88. The maximum atomic E-state index is 10.8. The van der Waals surface area contributed by atoms with Crippen LogP contribution < -0.4 is 4.90 Å². The third kappa shape index (κ3) is 3.55. The summed E-state index contributed by atoms with van der Waals surface area (Å²) in [7, 11) is 1.94. The largest absolute Gasteiger partial charge is 0.481 e. The van der Waals surface area contributed by atoms with Crippen molar-refractivity contribution in [3.63, 3.8) is 0 Å². The molecule has 0 aliphatic heterocycles. The first-order valence-electron chi connectivity index (χ1n) is 6.59. The molecule has 0 spiro atoms. The molecule has 1 heterocycles. The summed E-state index contributed by atoms with van der Waals surface area (Å²) in [6.07, 6.45) is 0. The summed E-state index contributed by atoms with van der Waals surface area (Å²) in [5.74, 6) is -0.221. The number of hydrogen-bond donors (Lipinski definition) is 1. The van der Waals surface area contributed by atoms with Crippen molar-refractivity contribution in [1.82, 2.24) is 14.8 Å². The molecule has 1 N–H and O–H groups in total. The van der Waals surface area contributed by atoms with Crippen LogP contribution in [0.4, 0.5) is 5.95 Å². The number of carboxylic acid groups (broad SMARTS) is 1. The first-order chi connectivity index (χ1) is 10.0. The summed E-state index contributed by atoms with van der Waals surface area (Å²) < 4.78 is 1.88. The molecule has 0 fully saturated rings. The van der Waals surface area contributed by atoms with E-state index < -0.39 is 5.97 Å². The van der Waals surface area contributed by atoms with Crippen LogP contribution in [0.2, 0.25) is 0 Å². The zero-order valence-electron chi connectivity index (χ0n) is 12.2. The predicted molar refractivity (Wildman–Crippen MR) is 83.3 cm³/mol. The topological polar surface area (TPSA) is 71.2 Å². The number of aliphatic carboxylic acids is 1. The van der Waals surface area contributed by atoms with Crippen LogP contribution in [0.15, 0.2) is 35.5 Å². The fourth-order valence-corrected chi connectivity index (χ4v) is 2.41. The van der Waals surface area contributed by atoms with Gasteiger partial charge in [-0.05, 0) is 26.0 Å². The summed E-state index contributed by atoms with van der Waals surface area (Å²) in [4.78, 5) is 12.8. The standard InChI is InChI=1S/C14H18N4O2S/c1-10(2)17(3)13-15-16-14(21-9-12(19)20)18(13)11-7-5-4-6-8-11/h4-8,10H,9H2,1-3H3,(H,19,20). The number of benzene rings is 1. The van der Waals surface area contributed by atoms with Gasteiger partial charge in [0.25, 0.3) is 0 Å². The molecule has 0 aliphatic carbocycles. The lowest BCUT2D eigenvalue weighted by Gasteiger charge is -2.23. The fraction of sp³-hybridized carbons (Fsp3) is 0.357. The summed E-state index contributed by atoms with van der Waals surface area (Å²) in [5.41, 5.74) is 0.915. The smallest absolute Gasteiger partial charge is 0.313 e. The first kappa shape index (κ1) is 15.4. The molecule has 0 radical (unpaired) electrons. The molecule has 21 heavy (non-hydrogen) atoms. The van der Waals surface area contributed by atoms with Gasteiger partial charge < -0.3 is 10.0 Å². The molecule has 0 amide bonds. The lowest BCUT2D eigenvalue weighted by Crippen LogP contribution is -2.28. The minimum absolute atomic E-state index is 0.0453. The van der Waals surface area contributed by atoms with E-state index in [1.54, 1.807) is 0 Å². The molecule has 2 aromatic rings. The lowest BCUT2D eigenvalue weighted by molar-refractivity contribution is -0.133. The highest BCUT2D eigenvalue weighted by Crippen LogP contribution is 2.26. The Morgan fingerprint density at radius 2 is 2.00 bits per heavy atom. The van der Waals surface area contributed by atoms with E-state index in [0.29, 0.717) is 11.1 Å². The molecule has 0 saturated carbocycles. The van der Waals surface area contributed by atoms with Crippen molar-refractivity contribution in [2.45, 2.75) is 25.0 Å². The molecular weight excluding hydrogens is 288 g/mol. The van der Waals surface area contributed by atoms with Gasteiger partial charge in [-0.25, -0.2) is 0 Å². The number of hydrogen-bond acceptors (Lipinski definition) is 5. The zero-order valence-corrected chi connectivity index (χ0v) is 13.0. The van der Waals surface area contributed by atoms with Crippen molar-refractivity contribution in [2.75, 3.05) is 17.7 Å². The van der Waals surface area contributed by atoms with Gasteiger partial charge in [-0.3, -0.25) is 9.36 Å². The number of carboxylic acids is 1. The highest BCUT2D eigenvalue weighted by molar-refractivity contribution is 7.99. The Balaban J connectivity index is 2.45. The van der Waals surface area contributed by atoms with Crippen molar-refractivity contribution in [2.24, 2.45) is 0 Å². The predicted octanol–water partition coefficient (Wildman–Crippen LogP) is 2.29. The highest BCUT2D eigenvalue weighted by Gasteiger charge is 2.19. The minimum atomic E-state index is -0.874. The molecule has 2 rings (SSSR count). The van der Waals surface area contributed by atoms with Gasteiger partial charge in [0.05, 0.1) is 11.4 Å². The molecule has 0 bridgehead atoms. The van der Waals surface area contributed by atoms with Gasteiger partial charge in [-0.15, -0.1) is 10.2 Å². The summed E-state index contributed by atoms with van der Waals surface area (Å²) in [6, 6.07) is 9.95. The monoisotopic (exact) mass is 306 g/mol. The molecule has 0 unspecified atom stereocenters. The van der Waals surface area contributed by atoms with Gasteiger partial charge in [-0.2, -0.15) is 0 Å². The van der Waals surface area contributed by atoms with Crippen LogP contribution in [0.1, 0.15) is 13.8 Å². The Kier molecular flexibility index (Phi) is 4.85. The molecule has 1 aromatic carbocycles. The SMILES string of the molecule is CC(C)N(C)c1nnc(SCC(=O)O)n1-c1ccccc1. The Bertz CT molecular complexity index is 613. The quantitative estimate of drug-likeness (QED) is 0.826. The van der Waals surface area contributed by atoms with Crippen molar-refractivity contribution in [1.29, 1.82) is 0 Å². The average molecular weight is 306 g/mol. The third-order valence-corrected chi connectivity index (χ3v) is 3.96. The van der Waals surface area contributed by atoms with E-state index in [1.165, 1.54) is 0 Å². The fourth-order valence-electron chi connectivity index (χ4n) is 1.74. The minimum Gasteiger partial charge on any atom is -0.481 e. The number of thioether (sulfide) groups is 1. The van der Waals surface area contributed by atoms with Crippen molar-refractivity contribution in [3.8, 4) is 5.69 Å². The van der Waals surface area contributed by atoms with Gasteiger partial charge >= 0.3 is 5.97 Å². The van der Waals surface area contributed by atoms with Crippen LogP contribution in [-0.4, -0.2) is 44.7 Å². The van der Waals surface area contributed by atoms with Gasteiger partial charge in [0.15, 0.2) is 5.16 Å². The van der Waals surface area contributed by atoms with Crippen molar-refractivity contribution >= 4 is 23.7 Å². The zero-order chi connectivity index (χ0) is 15.4. The van der Waals surface area contributed by atoms with Gasteiger partial charge in [-0.1, -0.05) is 30.0 Å². The number of aromatic nitrogens is 3. The second kappa shape index (κ2) is 6.62. The number of carbonyl (C=O) groups is 1. The number of rotatable bonds is 6. The maximum Gasteiger partial charge on any atom is 0.313 e. The Labute approximate surface area is 127 Å². The Hall–Kier alpha value is -2.02. The van der Waals surface area contributed by atoms with E-state index in [2.05, 4.69) is 24.0 Å². The van der Waals surface area contributed by atoms with Crippen LogP contribution >= 0.6 is 11.8 Å². The lowest BCUT2D eigenvalue weighted by atomic mass is 10.3. The summed E-state index contributed by atoms with van der Waals surface area (Å²) in [5, 5.41) is 17.8. The number of anilines is 1. The second-order valence-electron chi connectivity index (χ2n) is 4.84. The van der Waals surface area contributed by atoms with Gasteiger partial charge in [0.2, 0.25) is 5.95 Å². The van der Waals surface area contributed by atoms with E-state index in [1.807, 2.05) is 46.8 Å². The molecular formula is C14H18N4O2S. The molecule has 112 valence electrons. The van der Waals surface area contributed by atoms with Crippen LogP contribution in [0.5, 0.6) is 0 Å². The van der Waals surface area contributed by atoms with E-state index in [4.69, 9.17) is 5.11 Å². The number of para-hydroxylation sites is 1. The van der Waals surface area contributed by atoms with Crippen LogP contribution in [0, 0.1) is 0 Å². The Morgan fingerprint density at radius 3 is 2.57 bits per heavy atom. The van der Waals surface area contributed by atoms with Crippen LogP contribution in [0.3, 0.4) is 0 Å². The number of nitrogens with zero attached hydrogens (tertiary/aromatic N) is 4. The molecule has 7 heteroatoms. The molecule has 0 atom stereocenters. The van der Waals surface area contributed by atoms with Crippen LogP contribution in [0.25, 0.3) is 5.69 Å². The van der Waals surface area contributed by atoms with Gasteiger partial charge in [0, 0.05) is 13.1 Å². The molecule has 1 aromatic heterocycles. The van der Waals surface area contributed by atoms with E-state index >= 15 is 0 Å². The van der Waals surface area contributed by atoms with E-state index in [9.17, 15) is 4.79 Å². The molecule has 0 aliphatic rings. The molecule has 0 saturated heterocycles. The van der Waals surface area contributed by atoms with E-state index in [0.717, 1.165) is 17.4 Å². The Morgan fingerprint density at radius 1 is 1.33 bits per heavy atom. The third-order valence-electron chi connectivity index (χ3n) is 3.05. The van der Waals surface area contributed by atoms with Crippen molar-refractivity contribution in [3.05, 3.63) is 30.3 Å². The summed E-state index contributed by atoms with van der Waals surface area (Å²) >= 11 is 1.16.